The SMILES string of the molecule is CC(C)[C@H](NC(=O)[C@@H]1CC(=O)N(c2ccc(F)cc2)C1)C(=O)N1CCC[C@@H]1C(=O)[O-]. The predicted octanol–water partition coefficient (Wildman–Crippen LogP) is 0.0603. The van der Waals surface area contributed by atoms with Crippen LogP contribution in [0, 0.1) is 17.7 Å². The second kappa shape index (κ2) is 8.81. The van der Waals surface area contributed by atoms with Crippen LogP contribution in [0.5, 0.6) is 0 Å². The van der Waals surface area contributed by atoms with Crippen molar-refractivity contribution < 1.29 is 28.7 Å². The van der Waals surface area contributed by atoms with Crippen LogP contribution in [0.4, 0.5) is 10.1 Å². The fourth-order valence-electron chi connectivity index (χ4n) is 3.99. The van der Waals surface area contributed by atoms with Crippen LogP contribution in [-0.2, 0) is 19.2 Å². The summed E-state index contributed by atoms with van der Waals surface area (Å²) in [5.41, 5.74) is 0.502. The molecule has 9 heteroatoms. The third-order valence-electron chi connectivity index (χ3n) is 5.67. The number of anilines is 1. The summed E-state index contributed by atoms with van der Waals surface area (Å²) in [6.45, 7) is 3.95. The zero-order valence-corrected chi connectivity index (χ0v) is 17.0. The first-order valence-electron chi connectivity index (χ1n) is 10.1. The number of carbonyl (C=O) groups excluding carboxylic acids is 4. The van der Waals surface area contributed by atoms with E-state index in [9.17, 15) is 28.7 Å². The summed E-state index contributed by atoms with van der Waals surface area (Å²) in [5, 5.41) is 14.0. The van der Waals surface area contributed by atoms with Gasteiger partial charge in [0.25, 0.3) is 0 Å². The van der Waals surface area contributed by atoms with Crippen molar-refractivity contribution in [3.63, 3.8) is 0 Å². The Labute approximate surface area is 174 Å². The van der Waals surface area contributed by atoms with Crippen molar-refractivity contribution in [2.45, 2.75) is 45.2 Å². The third kappa shape index (κ3) is 4.44. The first-order chi connectivity index (χ1) is 14.2. The van der Waals surface area contributed by atoms with Gasteiger partial charge in [0.15, 0.2) is 0 Å². The molecule has 3 amide bonds. The van der Waals surface area contributed by atoms with E-state index in [1.807, 2.05) is 0 Å². The molecule has 0 bridgehead atoms. The van der Waals surface area contributed by atoms with Gasteiger partial charge >= 0.3 is 0 Å². The molecule has 2 heterocycles. The number of rotatable bonds is 6. The quantitative estimate of drug-likeness (QED) is 0.703. The van der Waals surface area contributed by atoms with Crippen LogP contribution >= 0.6 is 0 Å². The number of carboxylic acids is 1. The van der Waals surface area contributed by atoms with E-state index in [-0.39, 0.29) is 24.8 Å². The number of likely N-dealkylation sites (tertiary alicyclic amines) is 1. The molecule has 0 aliphatic carbocycles. The molecule has 0 saturated carbocycles. The van der Waals surface area contributed by atoms with Gasteiger partial charge in [-0.25, -0.2) is 4.39 Å². The number of aliphatic carboxylic acids is 1. The first kappa shape index (κ1) is 21.7. The van der Waals surface area contributed by atoms with Gasteiger partial charge in [0, 0.05) is 25.2 Å². The Kier molecular flexibility index (Phi) is 6.38. The van der Waals surface area contributed by atoms with Crippen molar-refractivity contribution in [1.82, 2.24) is 10.2 Å². The fraction of sp³-hybridized carbons (Fsp3) is 0.524. The standard InChI is InChI=1S/C21H26FN3O5/c1-12(2)18(20(28)24-9-3-4-16(24)21(29)30)23-19(27)13-10-17(26)25(11-13)15-7-5-14(22)6-8-15/h5-8,12-13,16,18H,3-4,9-11H2,1-2H3,(H,23,27)(H,29,30)/p-1/t13-,16-,18+/m1/s1. The number of carbonyl (C=O) groups is 4. The van der Waals surface area contributed by atoms with Gasteiger partial charge in [0.2, 0.25) is 17.7 Å². The van der Waals surface area contributed by atoms with Crippen molar-refractivity contribution in [2.24, 2.45) is 11.8 Å². The van der Waals surface area contributed by atoms with Crippen molar-refractivity contribution in [1.29, 1.82) is 0 Å². The van der Waals surface area contributed by atoms with Crippen LogP contribution in [0.2, 0.25) is 0 Å². The summed E-state index contributed by atoms with van der Waals surface area (Å²) in [6.07, 6.45) is 0.872. The maximum absolute atomic E-state index is 13.1. The average Bonchev–Trinajstić information content (AvgIpc) is 3.33. The van der Waals surface area contributed by atoms with E-state index in [1.165, 1.54) is 34.1 Å². The van der Waals surface area contributed by atoms with E-state index in [0.717, 1.165) is 0 Å². The van der Waals surface area contributed by atoms with E-state index in [1.54, 1.807) is 13.8 Å². The lowest BCUT2D eigenvalue weighted by molar-refractivity contribution is -0.310. The van der Waals surface area contributed by atoms with Gasteiger partial charge in [0.05, 0.1) is 17.9 Å². The van der Waals surface area contributed by atoms with Crippen molar-refractivity contribution in [3.8, 4) is 0 Å². The summed E-state index contributed by atoms with van der Waals surface area (Å²) >= 11 is 0. The lowest BCUT2D eigenvalue weighted by Crippen LogP contribution is -2.56. The topological polar surface area (TPSA) is 110 Å². The van der Waals surface area contributed by atoms with Crippen LogP contribution < -0.4 is 15.3 Å². The Hall–Kier alpha value is -2.97. The summed E-state index contributed by atoms with van der Waals surface area (Å²) < 4.78 is 13.1. The zero-order chi connectivity index (χ0) is 22.0. The zero-order valence-electron chi connectivity index (χ0n) is 17.0. The highest BCUT2D eigenvalue weighted by atomic mass is 19.1. The third-order valence-corrected chi connectivity index (χ3v) is 5.67. The number of carboxylic acid groups (broad SMARTS) is 1. The number of benzene rings is 1. The molecule has 2 aliphatic heterocycles. The number of amides is 3. The number of nitrogens with zero attached hydrogens (tertiary/aromatic N) is 2. The number of halogens is 1. The molecule has 1 aromatic rings. The normalized spacial score (nSPS) is 22.5. The van der Waals surface area contributed by atoms with Crippen LogP contribution in [-0.4, -0.2) is 53.8 Å². The van der Waals surface area contributed by atoms with Gasteiger partial charge in [-0.1, -0.05) is 13.8 Å². The molecular formula is C21H25FN3O5-. The molecule has 2 fully saturated rings. The molecule has 1 aromatic carbocycles. The van der Waals surface area contributed by atoms with E-state index < -0.39 is 41.6 Å². The van der Waals surface area contributed by atoms with E-state index >= 15 is 0 Å². The summed E-state index contributed by atoms with van der Waals surface area (Å²) in [4.78, 5) is 52.1. The molecule has 0 spiro atoms. The Bertz CT molecular complexity index is 842. The van der Waals surface area contributed by atoms with Crippen molar-refractivity contribution in [3.05, 3.63) is 30.1 Å². The van der Waals surface area contributed by atoms with Crippen molar-refractivity contribution in [2.75, 3.05) is 18.0 Å². The summed E-state index contributed by atoms with van der Waals surface area (Å²) in [7, 11) is 0. The maximum atomic E-state index is 13.1. The smallest absolute Gasteiger partial charge is 0.245 e. The molecule has 3 rings (SSSR count). The lowest BCUT2D eigenvalue weighted by atomic mass is 10.00. The summed E-state index contributed by atoms with van der Waals surface area (Å²) in [6, 6.07) is 3.55. The molecule has 0 unspecified atom stereocenters. The number of hydrogen-bond acceptors (Lipinski definition) is 5. The minimum absolute atomic E-state index is 0.0202. The van der Waals surface area contributed by atoms with Gasteiger partial charge in [-0.05, 0) is 43.0 Å². The van der Waals surface area contributed by atoms with Crippen LogP contribution in [0.15, 0.2) is 24.3 Å². The highest BCUT2D eigenvalue weighted by Gasteiger charge is 2.39. The van der Waals surface area contributed by atoms with Gasteiger partial charge in [-0.3, -0.25) is 14.4 Å². The number of nitrogens with one attached hydrogen (secondary N) is 1. The second-order valence-corrected chi connectivity index (χ2v) is 8.12. The lowest BCUT2D eigenvalue weighted by Gasteiger charge is -2.32. The largest absolute Gasteiger partial charge is 0.548 e. The molecule has 0 aromatic heterocycles. The van der Waals surface area contributed by atoms with Crippen LogP contribution in [0.1, 0.15) is 33.1 Å². The first-order valence-corrected chi connectivity index (χ1v) is 10.1. The highest BCUT2D eigenvalue weighted by molar-refractivity contribution is 6.01. The molecule has 0 radical (unpaired) electrons. The Morgan fingerprint density at radius 2 is 1.87 bits per heavy atom. The molecule has 3 atom stereocenters. The summed E-state index contributed by atoms with van der Waals surface area (Å²) in [5.74, 6) is -3.80. The molecule has 30 heavy (non-hydrogen) atoms. The minimum atomic E-state index is -1.30. The molecular weight excluding hydrogens is 393 g/mol. The Morgan fingerprint density at radius 1 is 1.20 bits per heavy atom. The predicted molar refractivity (Wildman–Crippen MR) is 103 cm³/mol. The molecule has 1 N–H and O–H groups in total. The molecule has 2 saturated heterocycles. The van der Waals surface area contributed by atoms with Crippen molar-refractivity contribution >= 4 is 29.4 Å². The highest BCUT2D eigenvalue weighted by Crippen LogP contribution is 2.26. The molecule has 162 valence electrons. The number of hydrogen-bond donors (Lipinski definition) is 1. The van der Waals surface area contributed by atoms with Crippen LogP contribution in [0.25, 0.3) is 0 Å². The minimum Gasteiger partial charge on any atom is -0.548 e. The van der Waals surface area contributed by atoms with Crippen LogP contribution in [0.3, 0.4) is 0 Å². The van der Waals surface area contributed by atoms with E-state index in [0.29, 0.717) is 25.1 Å². The Balaban J connectivity index is 1.68. The van der Waals surface area contributed by atoms with E-state index in [4.69, 9.17) is 0 Å². The maximum Gasteiger partial charge on any atom is 0.245 e. The fourth-order valence-corrected chi connectivity index (χ4v) is 3.99. The Morgan fingerprint density at radius 3 is 2.47 bits per heavy atom. The van der Waals surface area contributed by atoms with Gasteiger partial charge in [0.1, 0.15) is 11.9 Å². The van der Waals surface area contributed by atoms with Gasteiger partial charge in [-0.2, -0.15) is 0 Å². The molecule has 2 aliphatic rings. The monoisotopic (exact) mass is 418 g/mol. The van der Waals surface area contributed by atoms with Gasteiger partial charge < -0.3 is 25.0 Å². The van der Waals surface area contributed by atoms with E-state index in [2.05, 4.69) is 5.32 Å². The second-order valence-electron chi connectivity index (χ2n) is 8.12. The average molecular weight is 418 g/mol. The molecule has 8 nitrogen and oxygen atoms in total. The van der Waals surface area contributed by atoms with Gasteiger partial charge in [-0.15, -0.1) is 0 Å².